The standard InChI is InChI=1S/C21H26N6O2/c1-21(29)9-7-15(8-10-21)27-16(19(28)26(2)3)12-14-13-23-20(25-18(14)27)24-17-6-4-5-11-22-17/h4-6,11-13,15,29H,7-10H2,1-3H3,(H,22,23,24,25). The summed E-state index contributed by atoms with van der Waals surface area (Å²) in [6.45, 7) is 1.87. The van der Waals surface area contributed by atoms with Gasteiger partial charge in [-0.2, -0.15) is 4.98 Å². The van der Waals surface area contributed by atoms with Gasteiger partial charge in [-0.1, -0.05) is 6.07 Å². The lowest BCUT2D eigenvalue weighted by Gasteiger charge is -2.34. The molecule has 3 aromatic rings. The molecule has 152 valence electrons. The van der Waals surface area contributed by atoms with Crippen molar-refractivity contribution in [3.63, 3.8) is 0 Å². The quantitative estimate of drug-likeness (QED) is 0.706. The number of fused-ring (bicyclic) bond motifs is 1. The van der Waals surface area contributed by atoms with E-state index in [9.17, 15) is 9.90 Å². The molecule has 4 rings (SSSR count). The van der Waals surface area contributed by atoms with E-state index < -0.39 is 5.60 Å². The van der Waals surface area contributed by atoms with Crippen LogP contribution in [0.3, 0.4) is 0 Å². The second-order valence-corrected chi connectivity index (χ2v) is 8.14. The largest absolute Gasteiger partial charge is 0.390 e. The Morgan fingerprint density at radius 2 is 2.03 bits per heavy atom. The third kappa shape index (κ3) is 3.93. The first-order valence-electron chi connectivity index (χ1n) is 9.84. The lowest BCUT2D eigenvalue weighted by Crippen LogP contribution is -2.33. The van der Waals surface area contributed by atoms with Gasteiger partial charge in [-0.15, -0.1) is 0 Å². The summed E-state index contributed by atoms with van der Waals surface area (Å²) in [4.78, 5) is 27.8. The minimum Gasteiger partial charge on any atom is -0.390 e. The van der Waals surface area contributed by atoms with E-state index >= 15 is 0 Å². The van der Waals surface area contributed by atoms with Crippen LogP contribution in [0.15, 0.2) is 36.7 Å². The molecule has 1 fully saturated rings. The molecule has 0 unspecified atom stereocenters. The number of aliphatic hydroxyl groups is 1. The summed E-state index contributed by atoms with van der Waals surface area (Å²) in [7, 11) is 3.49. The third-order valence-corrected chi connectivity index (χ3v) is 5.50. The van der Waals surface area contributed by atoms with E-state index in [-0.39, 0.29) is 11.9 Å². The van der Waals surface area contributed by atoms with Crippen LogP contribution in [0.25, 0.3) is 11.0 Å². The highest BCUT2D eigenvalue weighted by Gasteiger charge is 2.32. The molecule has 8 nitrogen and oxygen atoms in total. The number of hydrogen-bond donors (Lipinski definition) is 2. The molecule has 1 aliphatic rings. The molecule has 3 aromatic heterocycles. The summed E-state index contributed by atoms with van der Waals surface area (Å²) in [5, 5.41) is 14.3. The van der Waals surface area contributed by atoms with E-state index in [4.69, 9.17) is 4.98 Å². The van der Waals surface area contributed by atoms with Gasteiger partial charge in [0.2, 0.25) is 5.95 Å². The van der Waals surface area contributed by atoms with Gasteiger partial charge in [0, 0.05) is 37.9 Å². The number of carbonyl (C=O) groups is 1. The smallest absolute Gasteiger partial charge is 0.270 e. The molecular formula is C21H26N6O2. The monoisotopic (exact) mass is 394 g/mol. The minimum absolute atomic E-state index is 0.0698. The van der Waals surface area contributed by atoms with Gasteiger partial charge in [-0.05, 0) is 50.8 Å². The van der Waals surface area contributed by atoms with Gasteiger partial charge in [0.1, 0.15) is 17.2 Å². The first-order valence-corrected chi connectivity index (χ1v) is 9.84. The molecule has 0 aliphatic heterocycles. The highest BCUT2D eigenvalue weighted by molar-refractivity contribution is 5.97. The summed E-state index contributed by atoms with van der Waals surface area (Å²) >= 11 is 0. The average molecular weight is 394 g/mol. The van der Waals surface area contributed by atoms with Crippen molar-refractivity contribution in [2.75, 3.05) is 19.4 Å². The van der Waals surface area contributed by atoms with Crippen molar-refractivity contribution in [1.29, 1.82) is 0 Å². The highest BCUT2D eigenvalue weighted by Crippen LogP contribution is 2.37. The van der Waals surface area contributed by atoms with Crippen molar-refractivity contribution in [3.05, 3.63) is 42.4 Å². The van der Waals surface area contributed by atoms with Crippen LogP contribution in [-0.2, 0) is 0 Å². The highest BCUT2D eigenvalue weighted by atomic mass is 16.3. The maximum Gasteiger partial charge on any atom is 0.270 e. The van der Waals surface area contributed by atoms with Gasteiger partial charge in [0.15, 0.2) is 0 Å². The van der Waals surface area contributed by atoms with Crippen molar-refractivity contribution < 1.29 is 9.90 Å². The zero-order chi connectivity index (χ0) is 20.6. The molecule has 0 aromatic carbocycles. The Kier molecular flexibility index (Phi) is 4.96. The summed E-state index contributed by atoms with van der Waals surface area (Å²) in [6, 6.07) is 7.53. The van der Waals surface area contributed by atoms with Crippen LogP contribution < -0.4 is 5.32 Å². The van der Waals surface area contributed by atoms with Crippen molar-refractivity contribution in [1.82, 2.24) is 24.4 Å². The van der Waals surface area contributed by atoms with E-state index in [1.54, 1.807) is 31.4 Å². The first-order chi connectivity index (χ1) is 13.8. The van der Waals surface area contributed by atoms with Crippen LogP contribution in [-0.4, -0.2) is 55.1 Å². The molecule has 1 saturated carbocycles. The van der Waals surface area contributed by atoms with Crippen molar-refractivity contribution in [2.24, 2.45) is 0 Å². The van der Waals surface area contributed by atoms with Gasteiger partial charge < -0.3 is 19.9 Å². The molecule has 1 amide bonds. The summed E-state index contributed by atoms with van der Waals surface area (Å²) in [5.41, 5.74) is 0.669. The number of rotatable bonds is 4. The number of amides is 1. The van der Waals surface area contributed by atoms with Crippen LogP contribution >= 0.6 is 0 Å². The van der Waals surface area contributed by atoms with Gasteiger partial charge in [0.05, 0.1) is 5.60 Å². The van der Waals surface area contributed by atoms with E-state index in [1.165, 1.54) is 0 Å². The first kappa shape index (κ1) is 19.3. The Balaban J connectivity index is 1.77. The van der Waals surface area contributed by atoms with Gasteiger partial charge in [-0.25, -0.2) is 9.97 Å². The maximum atomic E-state index is 12.9. The van der Waals surface area contributed by atoms with Crippen LogP contribution in [0.2, 0.25) is 0 Å². The van der Waals surface area contributed by atoms with E-state index in [2.05, 4.69) is 15.3 Å². The maximum absolute atomic E-state index is 12.9. The second-order valence-electron chi connectivity index (χ2n) is 8.14. The number of aromatic nitrogens is 4. The number of pyridine rings is 1. The number of nitrogens with zero attached hydrogens (tertiary/aromatic N) is 5. The Hall–Kier alpha value is -3.00. The fourth-order valence-electron chi connectivity index (χ4n) is 3.87. The van der Waals surface area contributed by atoms with Crippen molar-refractivity contribution >= 4 is 28.7 Å². The molecule has 29 heavy (non-hydrogen) atoms. The van der Waals surface area contributed by atoms with Crippen LogP contribution in [0.4, 0.5) is 11.8 Å². The minimum atomic E-state index is -0.647. The summed E-state index contributed by atoms with van der Waals surface area (Å²) in [5.74, 6) is 1.02. The molecule has 0 spiro atoms. The zero-order valence-corrected chi connectivity index (χ0v) is 17.0. The van der Waals surface area contributed by atoms with Crippen molar-refractivity contribution in [2.45, 2.75) is 44.2 Å². The van der Waals surface area contributed by atoms with Gasteiger partial charge >= 0.3 is 0 Å². The molecule has 2 N–H and O–H groups in total. The van der Waals surface area contributed by atoms with Crippen LogP contribution in [0.5, 0.6) is 0 Å². The Morgan fingerprint density at radius 1 is 1.28 bits per heavy atom. The zero-order valence-electron chi connectivity index (χ0n) is 17.0. The molecular weight excluding hydrogens is 368 g/mol. The van der Waals surface area contributed by atoms with Crippen LogP contribution in [0.1, 0.15) is 49.1 Å². The fraction of sp³-hybridized carbons (Fsp3) is 0.429. The van der Waals surface area contributed by atoms with Gasteiger partial charge in [-0.3, -0.25) is 4.79 Å². The summed E-state index contributed by atoms with van der Waals surface area (Å²) in [6.07, 6.45) is 6.39. The molecule has 0 bridgehead atoms. The SMILES string of the molecule is CN(C)C(=O)c1cc2cnc(Nc3ccccn3)nc2n1C1CCC(C)(O)CC1. The summed E-state index contributed by atoms with van der Waals surface area (Å²) < 4.78 is 2.03. The topological polar surface area (TPSA) is 96.2 Å². The Bertz CT molecular complexity index is 1020. The van der Waals surface area contributed by atoms with E-state index in [0.29, 0.717) is 30.3 Å². The molecule has 0 radical (unpaired) electrons. The lowest BCUT2D eigenvalue weighted by atomic mass is 9.83. The molecule has 1 aliphatic carbocycles. The average Bonchev–Trinajstić information content (AvgIpc) is 3.07. The third-order valence-electron chi connectivity index (χ3n) is 5.50. The molecule has 3 heterocycles. The van der Waals surface area contributed by atoms with Crippen molar-refractivity contribution in [3.8, 4) is 0 Å². The van der Waals surface area contributed by atoms with E-state index in [1.807, 2.05) is 35.8 Å². The number of carbonyl (C=O) groups excluding carboxylic acids is 1. The Labute approximate surface area is 169 Å². The van der Waals surface area contributed by atoms with Gasteiger partial charge in [0.25, 0.3) is 5.91 Å². The lowest BCUT2D eigenvalue weighted by molar-refractivity contribution is 0.0101. The Morgan fingerprint density at radius 3 is 2.69 bits per heavy atom. The number of hydrogen-bond acceptors (Lipinski definition) is 6. The normalized spacial score (nSPS) is 21.9. The molecule has 8 heteroatoms. The predicted molar refractivity (Wildman–Crippen MR) is 111 cm³/mol. The van der Waals surface area contributed by atoms with Crippen LogP contribution in [0, 0.1) is 0 Å². The van der Waals surface area contributed by atoms with E-state index in [0.717, 1.165) is 23.9 Å². The number of anilines is 2. The number of nitrogens with one attached hydrogen (secondary N) is 1. The second kappa shape index (κ2) is 7.44. The molecule has 0 atom stereocenters. The fourth-order valence-corrected chi connectivity index (χ4v) is 3.87. The predicted octanol–water partition coefficient (Wildman–Crippen LogP) is 3.14. The molecule has 0 saturated heterocycles.